The summed E-state index contributed by atoms with van der Waals surface area (Å²) >= 11 is 0. The number of hydrogen-bond acceptors (Lipinski definition) is 3. The maximum Gasteiger partial charge on any atom is 0.251 e. The summed E-state index contributed by atoms with van der Waals surface area (Å²) in [5, 5.41) is 8.97. The van der Waals surface area contributed by atoms with Crippen LogP contribution in [0.4, 0.5) is 0 Å². The number of nitrogens with zero attached hydrogens (tertiary/aromatic N) is 2. The lowest BCUT2D eigenvalue weighted by molar-refractivity contribution is -0.127. The molecule has 0 aliphatic rings. The van der Waals surface area contributed by atoms with E-state index in [2.05, 4.69) is 20.9 Å². The zero-order chi connectivity index (χ0) is 21.1. The van der Waals surface area contributed by atoms with Crippen LogP contribution in [0, 0.1) is 0 Å². The molecule has 162 valence electrons. The molecule has 0 unspecified atom stereocenters. The third-order valence-electron chi connectivity index (χ3n) is 4.29. The fourth-order valence-electron chi connectivity index (χ4n) is 2.58. The Morgan fingerprint density at radius 3 is 2.33 bits per heavy atom. The zero-order valence-corrected chi connectivity index (χ0v) is 20.0. The topological polar surface area (TPSA) is 85.8 Å². The van der Waals surface area contributed by atoms with Gasteiger partial charge < -0.3 is 20.9 Å². The summed E-state index contributed by atoms with van der Waals surface area (Å²) in [4.78, 5) is 29.8. The fraction of sp³-hybridized carbons (Fsp3) is 0.318. The number of guanidine groups is 1. The minimum absolute atomic E-state index is 0. The molecule has 0 bridgehead atoms. The predicted molar refractivity (Wildman–Crippen MR) is 131 cm³/mol. The molecule has 0 saturated carbocycles. The van der Waals surface area contributed by atoms with E-state index in [-0.39, 0.29) is 42.3 Å². The first-order valence-corrected chi connectivity index (χ1v) is 9.57. The number of carbonyl (C=O) groups excluding carboxylic acids is 2. The van der Waals surface area contributed by atoms with Crippen molar-refractivity contribution in [1.82, 2.24) is 20.9 Å². The molecule has 0 aliphatic carbocycles. The van der Waals surface area contributed by atoms with Gasteiger partial charge in [-0.25, -0.2) is 4.99 Å². The van der Waals surface area contributed by atoms with Gasteiger partial charge in [-0.15, -0.1) is 24.0 Å². The minimum Gasteiger partial charge on any atom is -0.356 e. The Kier molecular flexibility index (Phi) is 11.5. The van der Waals surface area contributed by atoms with Crippen LogP contribution < -0.4 is 16.0 Å². The monoisotopic (exact) mass is 523 g/mol. The standard InChI is InChI=1S/C22H29N5O2.HI/c1-23-21(29)19-11-7-10-17(14-19)12-13-24-22(26-16-20(28)27(2)3)25-15-18-8-5-4-6-9-18;/h4-11,14H,12-13,15-16H2,1-3H3,(H,23,29)(H2,24,25,26);1H. The number of hydrogen-bond donors (Lipinski definition) is 3. The van der Waals surface area contributed by atoms with E-state index in [1.165, 1.54) is 4.90 Å². The molecule has 2 aromatic carbocycles. The third-order valence-corrected chi connectivity index (χ3v) is 4.29. The van der Waals surface area contributed by atoms with Gasteiger partial charge in [0.1, 0.15) is 0 Å². The highest BCUT2D eigenvalue weighted by Gasteiger charge is 2.07. The van der Waals surface area contributed by atoms with Gasteiger partial charge in [-0.2, -0.15) is 0 Å². The summed E-state index contributed by atoms with van der Waals surface area (Å²) in [6, 6.07) is 17.5. The van der Waals surface area contributed by atoms with Gasteiger partial charge in [0, 0.05) is 33.3 Å². The van der Waals surface area contributed by atoms with E-state index in [4.69, 9.17) is 0 Å². The lowest BCUT2D eigenvalue weighted by atomic mass is 10.1. The number of amides is 2. The van der Waals surface area contributed by atoms with Crippen molar-refractivity contribution in [3.63, 3.8) is 0 Å². The normalized spacial score (nSPS) is 10.6. The molecule has 2 aromatic rings. The van der Waals surface area contributed by atoms with E-state index in [0.29, 0.717) is 24.6 Å². The molecule has 0 saturated heterocycles. The maximum atomic E-state index is 11.9. The van der Waals surface area contributed by atoms with Gasteiger partial charge in [-0.3, -0.25) is 9.59 Å². The van der Waals surface area contributed by atoms with Gasteiger partial charge in [-0.05, 0) is 29.7 Å². The summed E-state index contributed by atoms with van der Waals surface area (Å²) in [5.74, 6) is 0.442. The molecule has 2 rings (SSSR count). The summed E-state index contributed by atoms with van der Waals surface area (Å²) in [6.07, 6.45) is 0.721. The number of nitrogens with one attached hydrogen (secondary N) is 3. The Morgan fingerprint density at radius 1 is 0.967 bits per heavy atom. The number of halogens is 1. The quantitative estimate of drug-likeness (QED) is 0.281. The van der Waals surface area contributed by atoms with E-state index in [1.807, 2.05) is 48.5 Å². The first-order chi connectivity index (χ1) is 14.0. The Labute approximate surface area is 195 Å². The lowest BCUT2D eigenvalue weighted by Crippen LogP contribution is -2.43. The molecule has 8 heteroatoms. The van der Waals surface area contributed by atoms with Gasteiger partial charge in [0.05, 0.1) is 13.1 Å². The van der Waals surface area contributed by atoms with Crippen LogP contribution >= 0.6 is 24.0 Å². The molecule has 2 amide bonds. The first kappa shape index (κ1) is 25.4. The highest BCUT2D eigenvalue weighted by molar-refractivity contribution is 14.0. The average Bonchev–Trinajstić information content (AvgIpc) is 2.75. The van der Waals surface area contributed by atoms with Gasteiger partial charge in [0.15, 0.2) is 5.96 Å². The van der Waals surface area contributed by atoms with E-state index >= 15 is 0 Å². The smallest absolute Gasteiger partial charge is 0.251 e. The molecule has 0 heterocycles. The summed E-state index contributed by atoms with van der Waals surface area (Å²) in [5.41, 5.74) is 2.77. The molecular weight excluding hydrogens is 493 g/mol. The fourth-order valence-corrected chi connectivity index (χ4v) is 2.58. The predicted octanol–water partition coefficient (Wildman–Crippen LogP) is 2.03. The molecule has 0 spiro atoms. The van der Waals surface area contributed by atoms with Crippen molar-refractivity contribution in [2.24, 2.45) is 4.99 Å². The number of likely N-dealkylation sites (N-methyl/N-ethyl adjacent to an activating group) is 1. The van der Waals surface area contributed by atoms with Crippen LogP contribution in [0.2, 0.25) is 0 Å². The Morgan fingerprint density at radius 2 is 1.67 bits per heavy atom. The van der Waals surface area contributed by atoms with Crippen molar-refractivity contribution in [2.45, 2.75) is 13.0 Å². The second-order valence-electron chi connectivity index (χ2n) is 6.75. The summed E-state index contributed by atoms with van der Waals surface area (Å²) in [6.45, 7) is 1.30. The molecule has 3 N–H and O–H groups in total. The molecular formula is C22H30IN5O2. The van der Waals surface area contributed by atoms with Gasteiger partial charge in [0.25, 0.3) is 5.91 Å². The van der Waals surface area contributed by atoms with Crippen molar-refractivity contribution >= 4 is 41.8 Å². The van der Waals surface area contributed by atoms with Gasteiger partial charge in [0.2, 0.25) is 5.91 Å². The van der Waals surface area contributed by atoms with Crippen LogP contribution in [0.25, 0.3) is 0 Å². The summed E-state index contributed by atoms with van der Waals surface area (Å²) in [7, 11) is 5.06. The van der Waals surface area contributed by atoms with Crippen LogP contribution in [0.3, 0.4) is 0 Å². The molecule has 7 nitrogen and oxygen atoms in total. The van der Waals surface area contributed by atoms with Gasteiger partial charge in [-0.1, -0.05) is 42.5 Å². The van der Waals surface area contributed by atoms with E-state index in [9.17, 15) is 9.59 Å². The Hall–Kier alpha value is -2.62. The van der Waals surface area contributed by atoms with Crippen molar-refractivity contribution in [2.75, 3.05) is 34.2 Å². The van der Waals surface area contributed by atoms with Crippen LogP contribution in [-0.2, 0) is 17.8 Å². The molecule has 30 heavy (non-hydrogen) atoms. The van der Waals surface area contributed by atoms with Crippen LogP contribution in [0.1, 0.15) is 21.5 Å². The highest BCUT2D eigenvalue weighted by atomic mass is 127. The van der Waals surface area contributed by atoms with Crippen LogP contribution in [0.15, 0.2) is 59.6 Å². The molecule has 0 fully saturated rings. The van der Waals surface area contributed by atoms with Crippen LogP contribution in [-0.4, -0.2) is 56.9 Å². The van der Waals surface area contributed by atoms with Crippen molar-refractivity contribution < 1.29 is 9.59 Å². The van der Waals surface area contributed by atoms with Crippen molar-refractivity contribution in [3.8, 4) is 0 Å². The Bertz CT molecular complexity index is 840. The largest absolute Gasteiger partial charge is 0.356 e. The number of benzene rings is 2. The van der Waals surface area contributed by atoms with Crippen molar-refractivity contribution in [1.29, 1.82) is 0 Å². The Balaban J connectivity index is 0.00000450. The lowest BCUT2D eigenvalue weighted by Gasteiger charge is -2.15. The van der Waals surface area contributed by atoms with E-state index < -0.39 is 0 Å². The molecule has 0 aliphatic heterocycles. The second kappa shape index (κ2) is 13.6. The van der Waals surface area contributed by atoms with Gasteiger partial charge >= 0.3 is 0 Å². The first-order valence-electron chi connectivity index (χ1n) is 9.57. The third kappa shape index (κ3) is 8.81. The maximum absolute atomic E-state index is 11.9. The molecule has 0 atom stereocenters. The molecule has 0 aromatic heterocycles. The SMILES string of the molecule is CNC(=O)c1cccc(CCNC(=NCc2ccccc2)NCC(=O)N(C)C)c1.I. The summed E-state index contributed by atoms with van der Waals surface area (Å²) < 4.78 is 0. The number of carbonyl (C=O) groups is 2. The average molecular weight is 523 g/mol. The highest BCUT2D eigenvalue weighted by Crippen LogP contribution is 2.06. The zero-order valence-electron chi connectivity index (χ0n) is 17.6. The van der Waals surface area contributed by atoms with Crippen LogP contribution in [0.5, 0.6) is 0 Å². The van der Waals surface area contributed by atoms with E-state index in [1.54, 1.807) is 27.2 Å². The van der Waals surface area contributed by atoms with E-state index in [0.717, 1.165) is 17.5 Å². The van der Waals surface area contributed by atoms with Crippen molar-refractivity contribution in [3.05, 3.63) is 71.3 Å². The number of aliphatic imine (C=N–C) groups is 1. The second-order valence-corrected chi connectivity index (χ2v) is 6.75. The minimum atomic E-state index is -0.103. The number of rotatable bonds is 8. The molecule has 0 radical (unpaired) electrons.